The number of halogens is 4. The number of rotatable bonds is 5. The van der Waals surface area contributed by atoms with Gasteiger partial charge in [-0.15, -0.1) is 0 Å². The normalized spacial score (nSPS) is 15.9. The minimum absolute atomic E-state index is 0.140. The Morgan fingerprint density at radius 3 is 2.38 bits per heavy atom. The molecule has 8 heteroatoms. The maximum atomic E-state index is 14.3. The fraction of sp³-hybridized carbons (Fsp3) is 0.381. The van der Waals surface area contributed by atoms with Crippen LogP contribution >= 0.6 is 0 Å². The van der Waals surface area contributed by atoms with E-state index in [0.717, 1.165) is 6.07 Å². The Bertz CT molecular complexity index is 1030. The molecule has 1 aromatic heterocycles. The van der Waals surface area contributed by atoms with Crippen molar-refractivity contribution in [3.63, 3.8) is 0 Å². The van der Waals surface area contributed by atoms with Crippen LogP contribution in [0.1, 0.15) is 26.3 Å². The number of fused-ring (bicyclic) bond motifs is 1. The van der Waals surface area contributed by atoms with E-state index in [4.69, 9.17) is 4.74 Å². The molecule has 3 rings (SSSR count). The molecule has 2 aromatic carbocycles. The van der Waals surface area contributed by atoms with Gasteiger partial charge in [0.15, 0.2) is 0 Å². The highest BCUT2D eigenvalue weighted by atomic mass is 19.4. The summed E-state index contributed by atoms with van der Waals surface area (Å²) in [5.41, 5.74) is -4.34. The van der Waals surface area contributed by atoms with Crippen LogP contribution in [0.4, 0.5) is 17.6 Å². The highest BCUT2D eigenvalue weighted by Crippen LogP contribution is 2.50. The molecule has 0 saturated heterocycles. The molecule has 0 aliphatic rings. The van der Waals surface area contributed by atoms with E-state index >= 15 is 0 Å². The summed E-state index contributed by atoms with van der Waals surface area (Å²) >= 11 is 0. The number of hydrogen-bond acceptors (Lipinski definition) is 3. The average molecular weight is 410 g/mol. The molecule has 3 aromatic rings. The van der Waals surface area contributed by atoms with Gasteiger partial charge >= 0.3 is 6.18 Å². The Balaban J connectivity index is 2.24. The van der Waals surface area contributed by atoms with Crippen LogP contribution in [0.15, 0.2) is 48.7 Å². The maximum absolute atomic E-state index is 14.3. The van der Waals surface area contributed by atoms with Gasteiger partial charge in [0.05, 0.1) is 18.8 Å². The predicted octanol–water partition coefficient (Wildman–Crippen LogP) is 5.01. The van der Waals surface area contributed by atoms with Crippen LogP contribution in [-0.4, -0.2) is 28.2 Å². The van der Waals surface area contributed by atoms with Gasteiger partial charge in [-0.25, -0.2) is 9.07 Å². The van der Waals surface area contributed by atoms with Crippen molar-refractivity contribution in [1.29, 1.82) is 0 Å². The molecule has 1 N–H and O–H groups in total. The Labute approximate surface area is 165 Å². The van der Waals surface area contributed by atoms with Crippen molar-refractivity contribution < 1.29 is 27.4 Å². The van der Waals surface area contributed by atoms with Gasteiger partial charge in [-0.3, -0.25) is 0 Å². The lowest BCUT2D eigenvalue weighted by Crippen LogP contribution is -2.57. The standard InChI is InChI=1S/C21H22F4N2O2/c1-13(19(2,3)16-11-15(22)9-10-18(16)29-4)20(28,21(23,24)25)27-17-8-6-5-7-14(17)12-26-27/h5-13,28H,1-4H3. The van der Waals surface area contributed by atoms with Crippen LogP contribution in [0.25, 0.3) is 10.9 Å². The molecule has 0 fully saturated rings. The number of nitrogens with zero attached hydrogens (tertiary/aromatic N) is 2. The summed E-state index contributed by atoms with van der Waals surface area (Å²) in [6.07, 6.45) is -3.78. The van der Waals surface area contributed by atoms with E-state index in [2.05, 4.69) is 5.10 Å². The summed E-state index contributed by atoms with van der Waals surface area (Å²) in [6, 6.07) is 9.97. The molecule has 0 saturated carbocycles. The zero-order chi connectivity index (χ0) is 21.6. The summed E-state index contributed by atoms with van der Waals surface area (Å²) < 4.78 is 62.8. The van der Waals surface area contributed by atoms with Crippen molar-refractivity contribution in [1.82, 2.24) is 9.78 Å². The summed E-state index contributed by atoms with van der Waals surface area (Å²) in [6.45, 7) is 4.29. The first-order valence-electron chi connectivity index (χ1n) is 9.01. The van der Waals surface area contributed by atoms with Crippen LogP contribution in [0.5, 0.6) is 5.75 Å². The molecule has 0 bridgehead atoms. The first-order chi connectivity index (χ1) is 13.4. The van der Waals surface area contributed by atoms with Crippen molar-refractivity contribution in [3.8, 4) is 5.75 Å². The number of methoxy groups -OCH3 is 1. The van der Waals surface area contributed by atoms with E-state index in [-0.39, 0.29) is 16.8 Å². The number of para-hydroxylation sites is 1. The van der Waals surface area contributed by atoms with Crippen molar-refractivity contribution in [3.05, 3.63) is 60.0 Å². The van der Waals surface area contributed by atoms with Crippen molar-refractivity contribution in [2.75, 3.05) is 7.11 Å². The van der Waals surface area contributed by atoms with Crippen molar-refractivity contribution >= 4 is 10.9 Å². The molecule has 29 heavy (non-hydrogen) atoms. The Hall–Kier alpha value is -2.61. The molecule has 0 aliphatic carbocycles. The number of benzene rings is 2. The quantitative estimate of drug-likeness (QED) is 0.602. The van der Waals surface area contributed by atoms with E-state index in [9.17, 15) is 22.7 Å². The smallest absolute Gasteiger partial charge is 0.438 e. The molecule has 0 aliphatic heterocycles. The first-order valence-corrected chi connectivity index (χ1v) is 9.01. The SMILES string of the molecule is COc1ccc(F)cc1C(C)(C)C(C)C(O)(n1ncc2ccccc21)C(F)(F)F. The Morgan fingerprint density at radius 1 is 1.10 bits per heavy atom. The third-order valence-corrected chi connectivity index (χ3v) is 5.76. The van der Waals surface area contributed by atoms with Gasteiger partial charge in [0.25, 0.3) is 5.72 Å². The van der Waals surface area contributed by atoms with Crippen molar-refractivity contribution in [2.45, 2.75) is 38.1 Å². The third kappa shape index (κ3) is 3.25. The van der Waals surface area contributed by atoms with Gasteiger partial charge in [-0.1, -0.05) is 39.0 Å². The molecular formula is C21H22F4N2O2. The Morgan fingerprint density at radius 2 is 1.76 bits per heavy atom. The molecule has 1 heterocycles. The number of ether oxygens (including phenoxy) is 1. The predicted molar refractivity (Wildman–Crippen MR) is 101 cm³/mol. The highest BCUT2D eigenvalue weighted by Gasteiger charge is 2.63. The van der Waals surface area contributed by atoms with E-state index in [0.29, 0.717) is 10.1 Å². The first kappa shape index (κ1) is 21.1. The summed E-state index contributed by atoms with van der Waals surface area (Å²) in [7, 11) is 1.36. The number of aromatic nitrogens is 2. The van der Waals surface area contributed by atoms with Gasteiger partial charge < -0.3 is 9.84 Å². The molecule has 2 unspecified atom stereocenters. The van der Waals surface area contributed by atoms with Gasteiger partial charge in [-0.2, -0.15) is 18.3 Å². The number of aliphatic hydroxyl groups is 1. The number of alkyl halides is 3. The lowest BCUT2D eigenvalue weighted by molar-refractivity contribution is -0.327. The van der Waals surface area contributed by atoms with Gasteiger partial charge in [0.1, 0.15) is 11.6 Å². The van der Waals surface area contributed by atoms with Crippen LogP contribution in [0, 0.1) is 11.7 Å². The zero-order valence-electron chi connectivity index (χ0n) is 16.5. The summed E-state index contributed by atoms with van der Waals surface area (Å²) in [5, 5.41) is 15.5. The highest BCUT2D eigenvalue weighted by molar-refractivity contribution is 5.78. The average Bonchev–Trinajstić information content (AvgIpc) is 3.10. The number of hydrogen-bond donors (Lipinski definition) is 1. The lowest BCUT2D eigenvalue weighted by atomic mass is 9.69. The van der Waals surface area contributed by atoms with E-state index in [1.54, 1.807) is 18.2 Å². The molecular weight excluding hydrogens is 388 g/mol. The summed E-state index contributed by atoms with van der Waals surface area (Å²) in [4.78, 5) is 0. The van der Waals surface area contributed by atoms with Gasteiger partial charge in [0.2, 0.25) is 0 Å². The molecule has 0 amide bonds. The molecule has 156 valence electrons. The van der Waals surface area contributed by atoms with Gasteiger partial charge in [0, 0.05) is 22.3 Å². The van der Waals surface area contributed by atoms with E-state index in [1.165, 1.54) is 52.3 Å². The molecule has 2 atom stereocenters. The van der Waals surface area contributed by atoms with Crippen LogP contribution in [0.3, 0.4) is 0 Å². The lowest BCUT2D eigenvalue weighted by Gasteiger charge is -2.44. The van der Waals surface area contributed by atoms with Crippen LogP contribution < -0.4 is 4.74 Å². The van der Waals surface area contributed by atoms with Crippen LogP contribution in [-0.2, 0) is 11.1 Å². The van der Waals surface area contributed by atoms with E-state index < -0.39 is 29.1 Å². The minimum Gasteiger partial charge on any atom is -0.496 e. The maximum Gasteiger partial charge on any atom is 0.438 e. The second-order valence-corrected chi connectivity index (χ2v) is 7.63. The largest absolute Gasteiger partial charge is 0.496 e. The topological polar surface area (TPSA) is 47.3 Å². The molecule has 0 radical (unpaired) electrons. The fourth-order valence-corrected chi connectivity index (χ4v) is 3.71. The minimum atomic E-state index is -5.06. The van der Waals surface area contributed by atoms with Crippen molar-refractivity contribution in [2.24, 2.45) is 5.92 Å². The van der Waals surface area contributed by atoms with Gasteiger partial charge in [-0.05, 0) is 24.3 Å². The fourth-order valence-electron chi connectivity index (χ4n) is 3.71. The second kappa shape index (κ2) is 7.02. The molecule has 0 spiro atoms. The second-order valence-electron chi connectivity index (χ2n) is 7.63. The van der Waals surface area contributed by atoms with Crippen LogP contribution in [0.2, 0.25) is 0 Å². The van der Waals surface area contributed by atoms with E-state index in [1.807, 2.05) is 0 Å². The molecule has 4 nitrogen and oxygen atoms in total. The third-order valence-electron chi connectivity index (χ3n) is 5.76. The summed E-state index contributed by atoms with van der Waals surface area (Å²) in [5.74, 6) is -1.84. The Kier molecular flexibility index (Phi) is 5.11. The zero-order valence-corrected chi connectivity index (χ0v) is 16.5. The monoisotopic (exact) mass is 410 g/mol.